The number of rotatable bonds is 4. The number of benzene rings is 1. The van der Waals surface area contributed by atoms with Crippen molar-refractivity contribution in [3.05, 3.63) is 52.1 Å². The Labute approximate surface area is 146 Å². The fraction of sp³-hybridized carbons (Fsp3) is 0.125. The number of carbonyl (C=O) groups excluding carboxylic acids is 1. The molecule has 0 spiro atoms. The summed E-state index contributed by atoms with van der Waals surface area (Å²) in [5.41, 5.74) is 1.13. The molecular formula is C16H13ClN2O2S2. The van der Waals surface area contributed by atoms with Crippen molar-refractivity contribution in [3.63, 3.8) is 0 Å². The second-order valence-corrected chi connectivity index (χ2v) is 6.89. The predicted octanol–water partition coefficient (Wildman–Crippen LogP) is 5.34. The average molecular weight is 365 g/mol. The Kier molecular flexibility index (Phi) is 4.75. The molecule has 3 rings (SSSR count). The third-order valence-corrected chi connectivity index (χ3v) is 4.95. The van der Waals surface area contributed by atoms with Gasteiger partial charge in [0, 0.05) is 10.3 Å². The second-order valence-electron chi connectivity index (χ2n) is 4.75. The van der Waals surface area contributed by atoms with Gasteiger partial charge in [0.1, 0.15) is 11.5 Å². The van der Waals surface area contributed by atoms with E-state index in [-0.39, 0.29) is 5.91 Å². The molecule has 0 fully saturated rings. The molecule has 23 heavy (non-hydrogen) atoms. The first-order valence-electron chi connectivity index (χ1n) is 6.74. The largest absolute Gasteiger partial charge is 0.460 e. The van der Waals surface area contributed by atoms with Crippen LogP contribution in [-0.4, -0.2) is 17.1 Å². The second kappa shape index (κ2) is 6.78. The normalized spacial score (nSPS) is 10.7. The topological polar surface area (TPSA) is 55.1 Å². The van der Waals surface area contributed by atoms with Crippen LogP contribution in [0, 0.1) is 6.92 Å². The molecule has 4 nitrogen and oxygen atoms in total. The number of hydrogen-bond acceptors (Lipinski definition) is 5. The van der Waals surface area contributed by atoms with Gasteiger partial charge in [-0.2, -0.15) is 0 Å². The zero-order valence-electron chi connectivity index (χ0n) is 12.4. The van der Waals surface area contributed by atoms with Crippen LogP contribution in [0.1, 0.15) is 16.1 Å². The Morgan fingerprint density at radius 1 is 1.35 bits per heavy atom. The quantitative estimate of drug-likeness (QED) is 0.635. The summed E-state index contributed by atoms with van der Waals surface area (Å²) in [6, 6.07) is 9.11. The molecule has 1 aromatic carbocycles. The molecule has 118 valence electrons. The van der Waals surface area contributed by atoms with Crippen LogP contribution in [0.15, 0.2) is 45.0 Å². The highest BCUT2D eigenvalue weighted by Gasteiger charge is 2.14. The van der Waals surface area contributed by atoms with E-state index in [2.05, 4.69) is 10.3 Å². The minimum atomic E-state index is -0.276. The zero-order valence-corrected chi connectivity index (χ0v) is 14.8. The zero-order chi connectivity index (χ0) is 16.4. The van der Waals surface area contributed by atoms with E-state index in [0.717, 1.165) is 10.7 Å². The van der Waals surface area contributed by atoms with Crippen molar-refractivity contribution >= 4 is 45.7 Å². The summed E-state index contributed by atoms with van der Waals surface area (Å²) in [4.78, 5) is 17.7. The molecule has 0 aliphatic carbocycles. The number of nitrogens with one attached hydrogen (secondary N) is 1. The van der Waals surface area contributed by atoms with Gasteiger partial charge in [0.15, 0.2) is 10.9 Å². The molecule has 7 heteroatoms. The number of nitrogens with zero attached hydrogens (tertiary/aromatic N) is 1. The molecule has 1 N–H and O–H groups in total. The molecule has 0 aliphatic heterocycles. The first kappa shape index (κ1) is 16.1. The van der Waals surface area contributed by atoms with Gasteiger partial charge in [-0.25, -0.2) is 4.98 Å². The minimum absolute atomic E-state index is 0.276. The number of furan rings is 1. The number of carbonyl (C=O) groups is 1. The molecule has 2 heterocycles. The Hall–Kier alpha value is -1.76. The van der Waals surface area contributed by atoms with Crippen LogP contribution in [0.2, 0.25) is 5.02 Å². The monoisotopic (exact) mass is 364 g/mol. The fourth-order valence-electron chi connectivity index (χ4n) is 1.99. The van der Waals surface area contributed by atoms with E-state index in [1.165, 1.54) is 11.3 Å². The summed E-state index contributed by atoms with van der Waals surface area (Å²) in [7, 11) is 0. The van der Waals surface area contributed by atoms with Crippen LogP contribution >= 0.6 is 34.7 Å². The van der Waals surface area contributed by atoms with E-state index in [9.17, 15) is 4.79 Å². The van der Waals surface area contributed by atoms with Crippen molar-refractivity contribution in [1.29, 1.82) is 0 Å². The maximum atomic E-state index is 12.4. The van der Waals surface area contributed by atoms with Crippen LogP contribution in [0.4, 0.5) is 5.13 Å². The highest BCUT2D eigenvalue weighted by molar-refractivity contribution is 7.98. The summed E-state index contributed by atoms with van der Waals surface area (Å²) in [5.74, 6) is 1.23. The lowest BCUT2D eigenvalue weighted by Gasteiger charge is -2.05. The van der Waals surface area contributed by atoms with Gasteiger partial charge in [0.05, 0.1) is 10.6 Å². The van der Waals surface area contributed by atoms with E-state index in [4.69, 9.17) is 16.0 Å². The summed E-state index contributed by atoms with van der Waals surface area (Å²) < 4.78 is 5.53. The van der Waals surface area contributed by atoms with Crippen LogP contribution < -0.4 is 5.32 Å². The van der Waals surface area contributed by atoms with Gasteiger partial charge >= 0.3 is 0 Å². The van der Waals surface area contributed by atoms with Gasteiger partial charge in [-0.05, 0) is 43.5 Å². The Balaban J connectivity index is 1.80. The lowest BCUT2D eigenvalue weighted by molar-refractivity contribution is 0.102. The Morgan fingerprint density at radius 3 is 2.87 bits per heavy atom. The molecule has 0 radical (unpaired) electrons. The predicted molar refractivity (Wildman–Crippen MR) is 95.7 cm³/mol. The number of thiazole rings is 1. The Bertz CT molecular complexity index is 857. The molecule has 0 unspecified atom stereocenters. The number of thioether (sulfide) groups is 1. The van der Waals surface area contributed by atoms with E-state index in [1.807, 2.05) is 36.8 Å². The maximum Gasteiger partial charge on any atom is 0.258 e. The van der Waals surface area contributed by atoms with Crippen molar-refractivity contribution in [2.75, 3.05) is 11.6 Å². The smallest absolute Gasteiger partial charge is 0.258 e. The third kappa shape index (κ3) is 3.60. The fourth-order valence-corrected chi connectivity index (χ4v) is 3.32. The number of aryl methyl sites for hydroxylation is 1. The van der Waals surface area contributed by atoms with Gasteiger partial charge in [-0.3, -0.25) is 10.1 Å². The van der Waals surface area contributed by atoms with Crippen LogP contribution in [0.3, 0.4) is 0 Å². The number of hydrogen-bond donors (Lipinski definition) is 1. The molecule has 2 aromatic heterocycles. The molecule has 0 atom stereocenters. The molecular weight excluding hydrogens is 352 g/mol. The number of anilines is 1. The van der Waals surface area contributed by atoms with E-state index in [0.29, 0.717) is 27.2 Å². The molecule has 3 aromatic rings. The van der Waals surface area contributed by atoms with Crippen molar-refractivity contribution in [2.24, 2.45) is 0 Å². The van der Waals surface area contributed by atoms with E-state index >= 15 is 0 Å². The lowest BCUT2D eigenvalue weighted by atomic mass is 10.2. The average Bonchev–Trinajstić information content (AvgIpc) is 3.16. The Morgan fingerprint density at radius 2 is 2.17 bits per heavy atom. The summed E-state index contributed by atoms with van der Waals surface area (Å²) in [5, 5.41) is 5.54. The van der Waals surface area contributed by atoms with Gasteiger partial charge in [0.2, 0.25) is 0 Å². The van der Waals surface area contributed by atoms with Crippen LogP contribution in [0.25, 0.3) is 11.5 Å². The first-order chi connectivity index (χ1) is 11.1. The van der Waals surface area contributed by atoms with E-state index in [1.54, 1.807) is 23.9 Å². The molecule has 1 amide bonds. The standard InChI is InChI=1S/C16H13ClN2O2S2/c1-9-3-6-14(21-9)13-8-23-16(18-13)19-15(20)11-7-10(22-2)4-5-12(11)17/h3-8H,1-2H3,(H,18,19,20). The first-order valence-corrected chi connectivity index (χ1v) is 9.22. The van der Waals surface area contributed by atoms with Gasteiger partial charge < -0.3 is 4.42 Å². The van der Waals surface area contributed by atoms with Gasteiger partial charge in [-0.15, -0.1) is 23.1 Å². The minimum Gasteiger partial charge on any atom is -0.460 e. The van der Waals surface area contributed by atoms with Crippen LogP contribution in [0.5, 0.6) is 0 Å². The number of halogens is 1. The molecule has 0 bridgehead atoms. The lowest BCUT2D eigenvalue weighted by Crippen LogP contribution is -2.12. The van der Waals surface area contributed by atoms with Crippen molar-refractivity contribution < 1.29 is 9.21 Å². The van der Waals surface area contributed by atoms with Crippen molar-refractivity contribution in [1.82, 2.24) is 4.98 Å². The highest BCUT2D eigenvalue weighted by atomic mass is 35.5. The SMILES string of the molecule is CSc1ccc(Cl)c(C(=O)Nc2nc(-c3ccc(C)o3)cs2)c1. The molecule has 0 aliphatic rings. The summed E-state index contributed by atoms with van der Waals surface area (Å²) in [6.07, 6.45) is 1.95. The molecule has 0 saturated carbocycles. The maximum absolute atomic E-state index is 12.4. The van der Waals surface area contributed by atoms with E-state index < -0.39 is 0 Å². The number of aromatic nitrogens is 1. The van der Waals surface area contributed by atoms with Crippen LogP contribution in [-0.2, 0) is 0 Å². The van der Waals surface area contributed by atoms with Crippen molar-refractivity contribution in [2.45, 2.75) is 11.8 Å². The van der Waals surface area contributed by atoms with Gasteiger partial charge in [0.25, 0.3) is 5.91 Å². The third-order valence-electron chi connectivity index (χ3n) is 3.14. The summed E-state index contributed by atoms with van der Waals surface area (Å²) in [6.45, 7) is 1.87. The summed E-state index contributed by atoms with van der Waals surface area (Å²) >= 11 is 9.01. The number of amides is 1. The molecule has 0 saturated heterocycles. The van der Waals surface area contributed by atoms with Crippen molar-refractivity contribution in [3.8, 4) is 11.5 Å². The van der Waals surface area contributed by atoms with Gasteiger partial charge in [-0.1, -0.05) is 11.6 Å². The highest BCUT2D eigenvalue weighted by Crippen LogP contribution is 2.28.